The van der Waals surface area contributed by atoms with Crippen molar-refractivity contribution in [2.24, 2.45) is 0 Å². The van der Waals surface area contributed by atoms with Gasteiger partial charge >= 0.3 is 0 Å². The van der Waals surface area contributed by atoms with Crippen LogP contribution >= 0.6 is 11.3 Å². The number of carbonyl (C=O) groups excluding carboxylic acids is 2. The second kappa shape index (κ2) is 9.23. The number of hydrogen-bond donors (Lipinski definition) is 2. The summed E-state index contributed by atoms with van der Waals surface area (Å²) < 4.78 is 0. The van der Waals surface area contributed by atoms with E-state index in [9.17, 15) is 9.59 Å². The standard InChI is InChI=1S/C21H22N4O2S/c1-3-17(15-10-6-4-7-11-15)19(27)22-14(2)18(26)23-21-25-24-20(28-21)16-12-8-5-9-13-16/h4-14,17H,3H2,1-2H3,(H,22,27)(H,23,25,26). The van der Waals surface area contributed by atoms with Crippen LogP contribution in [0, 0.1) is 0 Å². The third-order valence-corrected chi connectivity index (χ3v) is 5.24. The molecule has 2 aromatic carbocycles. The van der Waals surface area contributed by atoms with E-state index in [2.05, 4.69) is 20.8 Å². The number of amides is 2. The minimum Gasteiger partial charge on any atom is -0.344 e. The number of rotatable bonds is 7. The summed E-state index contributed by atoms with van der Waals surface area (Å²) in [5.74, 6) is -0.784. The van der Waals surface area contributed by atoms with Gasteiger partial charge in [-0.25, -0.2) is 0 Å². The van der Waals surface area contributed by atoms with Crippen LogP contribution in [0.1, 0.15) is 31.7 Å². The van der Waals surface area contributed by atoms with E-state index in [1.54, 1.807) is 6.92 Å². The van der Waals surface area contributed by atoms with Crippen LogP contribution in [0.4, 0.5) is 5.13 Å². The van der Waals surface area contributed by atoms with E-state index in [0.29, 0.717) is 11.6 Å². The summed E-state index contributed by atoms with van der Waals surface area (Å²) in [7, 11) is 0. The van der Waals surface area contributed by atoms with Crippen molar-refractivity contribution in [3.8, 4) is 10.6 Å². The fraction of sp³-hybridized carbons (Fsp3) is 0.238. The van der Waals surface area contributed by atoms with Crippen molar-refractivity contribution in [2.45, 2.75) is 32.2 Å². The predicted octanol–water partition coefficient (Wildman–Crippen LogP) is 3.84. The van der Waals surface area contributed by atoms with Gasteiger partial charge in [-0.15, -0.1) is 10.2 Å². The lowest BCUT2D eigenvalue weighted by atomic mass is 9.95. The van der Waals surface area contributed by atoms with Crippen molar-refractivity contribution in [3.05, 3.63) is 66.2 Å². The fourth-order valence-corrected chi connectivity index (χ4v) is 3.57. The fourth-order valence-electron chi connectivity index (χ4n) is 2.82. The maximum Gasteiger partial charge on any atom is 0.248 e. The maximum absolute atomic E-state index is 12.6. The molecule has 1 heterocycles. The minimum absolute atomic E-state index is 0.168. The molecule has 0 saturated heterocycles. The van der Waals surface area contributed by atoms with Gasteiger partial charge in [0.25, 0.3) is 0 Å². The molecule has 1 aromatic heterocycles. The van der Waals surface area contributed by atoms with E-state index in [-0.39, 0.29) is 17.7 Å². The van der Waals surface area contributed by atoms with Crippen molar-refractivity contribution >= 4 is 28.3 Å². The Morgan fingerprint density at radius 1 is 0.964 bits per heavy atom. The quantitative estimate of drug-likeness (QED) is 0.638. The molecule has 7 heteroatoms. The Morgan fingerprint density at radius 3 is 2.25 bits per heavy atom. The lowest BCUT2D eigenvalue weighted by Crippen LogP contribution is -2.43. The molecular weight excluding hydrogens is 372 g/mol. The zero-order valence-electron chi connectivity index (χ0n) is 15.8. The van der Waals surface area contributed by atoms with Crippen LogP contribution in [0.2, 0.25) is 0 Å². The average Bonchev–Trinajstić information content (AvgIpc) is 3.18. The molecule has 3 rings (SSSR count). The second-order valence-electron chi connectivity index (χ2n) is 6.37. The Hall–Kier alpha value is -3.06. The molecule has 2 atom stereocenters. The first-order chi connectivity index (χ1) is 13.6. The molecule has 6 nitrogen and oxygen atoms in total. The van der Waals surface area contributed by atoms with E-state index < -0.39 is 6.04 Å². The van der Waals surface area contributed by atoms with E-state index in [4.69, 9.17) is 0 Å². The summed E-state index contributed by atoms with van der Waals surface area (Å²) in [5.41, 5.74) is 1.88. The molecule has 0 saturated carbocycles. The average molecular weight is 395 g/mol. The van der Waals surface area contributed by atoms with Crippen LogP contribution in [0.25, 0.3) is 10.6 Å². The Bertz CT molecular complexity index is 928. The third kappa shape index (κ3) is 4.80. The van der Waals surface area contributed by atoms with E-state index in [1.165, 1.54) is 11.3 Å². The van der Waals surface area contributed by atoms with E-state index in [1.807, 2.05) is 67.6 Å². The Kier molecular flexibility index (Phi) is 6.49. The molecule has 0 aliphatic heterocycles. The third-order valence-electron chi connectivity index (χ3n) is 4.35. The van der Waals surface area contributed by atoms with Gasteiger partial charge in [-0.2, -0.15) is 0 Å². The molecule has 0 aliphatic rings. The predicted molar refractivity (Wildman–Crippen MR) is 111 cm³/mol. The molecule has 2 N–H and O–H groups in total. The SMILES string of the molecule is CCC(C(=O)NC(C)C(=O)Nc1nnc(-c2ccccc2)s1)c1ccccc1. The van der Waals surface area contributed by atoms with Crippen LogP contribution in [0.3, 0.4) is 0 Å². The monoisotopic (exact) mass is 394 g/mol. The summed E-state index contributed by atoms with van der Waals surface area (Å²) in [6, 6.07) is 18.5. The highest BCUT2D eigenvalue weighted by molar-refractivity contribution is 7.18. The van der Waals surface area contributed by atoms with Crippen molar-refractivity contribution in [1.29, 1.82) is 0 Å². The number of carbonyl (C=O) groups is 2. The van der Waals surface area contributed by atoms with Crippen LogP contribution in [-0.4, -0.2) is 28.1 Å². The molecule has 0 aliphatic carbocycles. The second-order valence-corrected chi connectivity index (χ2v) is 7.35. The van der Waals surface area contributed by atoms with Crippen molar-refractivity contribution in [3.63, 3.8) is 0 Å². The molecule has 0 bridgehead atoms. The highest BCUT2D eigenvalue weighted by Gasteiger charge is 2.23. The van der Waals surface area contributed by atoms with Gasteiger partial charge in [0.05, 0.1) is 5.92 Å². The number of nitrogens with one attached hydrogen (secondary N) is 2. The highest BCUT2D eigenvalue weighted by atomic mass is 32.1. The number of nitrogens with zero attached hydrogens (tertiary/aromatic N) is 2. The summed E-state index contributed by atoms with van der Waals surface area (Å²) >= 11 is 1.29. The molecule has 144 valence electrons. The summed E-state index contributed by atoms with van der Waals surface area (Å²) in [6.07, 6.45) is 0.654. The molecule has 3 aromatic rings. The molecule has 0 radical (unpaired) electrons. The topological polar surface area (TPSA) is 84.0 Å². The summed E-state index contributed by atoms with van der Waals surface area (Å²) in [6.45, 7) is 3.61. The normalized spacial score (nSPS) is 12.8. The van der Waals surface area contributed by atoms with E-state index >= 15 is 0 Å². The zero-order chi connectivity index (χ0) is 19.9. The van der Waals surface area contributed by atoms with Gasteiger partial charge in [-0.05, 0) is 18.9 Å². The first kappa shape index (κ1) is 19.7. The number of benzene rings is 2. The Labute approximate surface area is 168 Å². The number of hydrogen-bond acceptors (Lipinski definition) is 5. The zero-order valence-corrected chi connectivity index (χ0v) is 16.6. The van der Waals surface area contributed by atoms with Crippen LogP contribution in [0.5, 0.6) is 0 Å². The van der Waals surface area contributed by atoms with Gasteiger partial charge in [0.2, 0.25) is 16.9 Å². The molecule has 2 amide bonds. The van der Waals surface area contributed by atoms with Gasteiger partial charge in [0.15, 0.2) is 0 Å². The van der Waals surface area contributed by atoms with Crippen LogP contribution in [-0.2, 0) is 9.59 Å². The lowest BCUT2D eigenvalue weighted by molar-refractivity contribution is -0.127. The van der Waals surface area contributed by atoms with Crippen molar-refractivity contribution in [1.82, 2.24) is 15.5 Å². The molecule has 2 unspecified atom stereocenters. The summed E-state index contributed by atoms with van der Waals surface area (Å²) in [5, 5.41) is 14.8. The maximum atomic E-state index is 12.6. The van der Waals surface area contributed by atoms with Crippen LogP contribution < -0.4 is 10.6 Å². The highest BCUT2D eigenvalue weighted by Crippen LogP contribution is 2.26. The van der Waals surface area contributed by atoms with Crippen molar-refractivity contribution in [2.75, 3.05) is 5.32 Å². The summed E-state index contributed by atoms with van der Waals surface area (Å²) in [4.78, 5) is 25.1. The number of aromatic nitrogens is 2. The van der Waals surface area contributed by atoms with Gasteiger partial charge < -0.3 is 5.32 Å². The van der Waals surface area contributed by atoms with Gasteiger partial charge in [-0.3, -0.25) is 14.9 Å². The van der Waals surface area contributed by atoms with Gasteiger partial charge in [-0.1, -0.05) is 78.9 Å². The molecule has 28 heavy (non-hydrogen) atoms. The largest absolute Gasteiger partial charge is 0.344 e. The Balaban J connectivity index is 1.60. The minimum atomic E-state index is -0.686. The first-order valence-electron chi connectivity index (χ1n) is 9.13. The number of anilines is 1. The molecule has 0 fully saturated rings. The Morgan fingerprint density at radius 2 is 1.61 bits per heavy atom. The smallest absolute Gasteiger partial charge is 0.248 e. The lowest BCUT2D eigenvalue weighted by Gasteiger charge is -2.19. The first-order valence-corrected chi connectivity index (χ1v) is 9.95. The van der Waals surface area contributed by atoms with Gasteiger partial charge in [0.1, 0.15) is 11.0 Å². The van der Waals surface area contributed by atoms with Gasteiger partial charge in [0, 0.05) is 5.56 Å². The molecule has 0 spiro atoms. The van der Waals surface area contributed by atoms with E-state index in [0.717, 1.165) is 16.1 Å². The van der Waals surface area contributed by atoms with Crippen molar-refractivity contribution < 1.29 is 9.59 Å². The van der Waals surface area contributed by atoms with Crippen LogP contribution in [0.15, 0.2) is 60.7 Å². The molecular formula is C21H22N4O2S.